The zero-order chi connectivity index (χ0) is 22.9. The minimum Gasteiger partial charge on any atom is -0.489 e. The Morgan fingerprint density at radius 1 is 0.788 bits per heavy atom. The van der Waals surface area contributed by atoms with E-state index in [1.165, 1.54) is 6.26 Å². The summed E-state index contributed by atoms with van der Waals surface area (Å²) in [5.41, 5.74) is 3.32. The molecule has 0 saturated heterocycles. The second-order valence-corrected chi connectivity index (χ2v) is 7.32. The van der Waals surface area contributed by atoms with Crippen LogP contribution in [0.2, 0.25) is 0 Å². The first-order valence-electron chi connectivity index (χ1n) is 10.5. The van der Waals surface area contributed by atoms with E-state index in [1.807, 2.05) is 84.9 Å². The van der Waals surface area contributed by atoms with Gasteiger partial charge in [-0.3, -0.25) is 4.79 Å². The molecule has 0 aliphatic carbocycles. The number of nitrogens with one attached hydrogen (secondary N) is 1. The second-order valence-electron chi connectivity index (χ2n) is 7.32. The van der Waals surface area contributed by atoms with E-state index in [9.17, 15) is 9.59 Å². The summed E-state index contributed by atoms with van der Waals surface area (Å²) in [7, 11) is 0. The molecular weight excluding hydrogens is 418 g/mol. The van der Waals surface area contributed by atoms with Gasteiger partial charge in [-0.2, -0.15) is 0 Å². The Bertz CT molecular complexity index is 1200. The van der Waals surface area contributed by atoms with Crippen LogP contribution in [0.4, 0.5) is 5.69 Å². The van der Waals surface area contributed by atoms with Crippen LogP contribution in [0.3, 0.4) is 0 Å². The van der Waals surface area contributed by atoms with Gasteiger partial charge in [-0.15, -0.1) is 0 Å². The average Bonchev–Trinajstić information content (AvgIpc) is 3.33. The summed E-state index contributed by atoms with van der Waals surface area (Å²) in [5, 5.41) is 2.82. The van der Waals surface area contributed by atoms with Gasteiger partial charge in [-0.1, -0.05) is 66.7 Å². The average molecular weight is 441 g/mol. The van der Waals surface area contributed by atoms with Crippen molar-refractivity contribution in [1.29, 1.82) is 0 Å². The summed E-state index contributed by atoms with van der Waals surface area (Å²) in [6.45, 7) is -0.289. The second kappa shape index (κ2) is 10.8. The van der Waals surface area contributed by atoms with E-state index in [2.05, 4.69) is 5.32 Å². The number of furan rings is 1. The van der Waals surface area contributed by atoms with Crippen molar-refractivity contribution in [3.8, 4) is 5.75 Å². The van der Waals surface area contributed by atoms with Gasteiger partial charge in [0.1, 0.15) is 12.4 Å². The van der Waals surface area contributed by atoms with Crippen molar-refractivity contribution >= 4 is 17.6 Å². The third kappa shape index (κ3) is 6.11. The van der Waals surface area contributed by atoms with E-state index >= 15 is 0 Å². The molecule has 1 amide bonds. The Morgan fingerprint density at radius 2 is 1.48 bits per heavy atom. The summed E-state index contributed by atoms with van der Waals surface area (Å²) in [4.78, 5) is 24.9. The third-order valence-electron chi connectivity index (χ3n) is 4.93. The van der Waals surface area contributed by atoms with Crippen LogP contribution in [0.15, 0.2) is 102 Å². The molecular formula is C27H23NO5. The molecule has 33 heavy (non-hydrogen) atoms. The first kappa shape index (κ1) is 21.9. The largest absolute Gasteiger partial charge is 0.489 e. The Morgan fingerprint density at radius 3 is 2.27 bits per heavy atom. The van der Waals surface area contributed by atoms with Gasteiger partial charge in [0.2, 0.25) is 5.76 Å². The standard InChI is InChI=1S/C27H23NO5/c29-25(28-24-14-8-7-11-21(24)17-20-9-3-1-4-10-20)19-33-27(30)26-22(15-16-31-26)18-32-23-12-5-2-6-13-23/h1-16H,17-19H2,(H,28,29). The van der Waals surface area contributed by atoms with Gasteiger partial charge < -0.3 is 19.2 Å². The summed E-state index contributed by atoms with van der Waals surface area (Å²) in [6, 6.07) is 28.4. The fraction of sp³-hybridized carbons (Fsp3) is 0.111. The molecule has 0 aliphatic rings. The number of anilines is 1. The molecule has 0 bridgehead atoms. The fourth-order valence-electron chi connectivity index (χ4n) is 3.30. The van der Waals surface area contributed by atoms with Crippen LogP contribution >= 0.6 is 0 Å². The van der Waals surface area contributed by atoms with Crippen LogP contribution in [0, 0.1) is 0 Å². The van der Waals surface area contributed by atoms with Crippen LogP contribution in [0.25, 0.3) is 0 Å². The Balaban J connectivity index is 1.32. The van der Waals surface area contributed by atoms with Crippen LogP contribution in [-0.4, -0.2) is 18.5 Å². The van der Waals surface area contributed by atoms with Crippen LogP contribution in [0.1, 0.15) is 27.2 Å². The predicted molar refractivity (Wildman–Crippen MR) is 124 cm³/mol. The van der Waals surface area contributed by atoms with Crippen molar-refractivity contribution in [3.05, 3.63) is 120 Å². The Kier molecular flexibility index (Phi) is 7.18. The molecule has 0 saturated carbocycles. The molecule has 166 valence electrons. The van der Waals surface area contributed by atoms with Crippen LogP contribution in [0.5, 0.6) is 5.75 Å². The van der Waals surface area contributed by atoms with Crippen molar-refractivity contribution in [2.75, 3.05) is 11.9 Å². The van der Waals surface area contributed by atoms with Gasteiger partial charge in [0.05, 0.1) is 6.26 Å². The number of carbonyl (C=O) groups is 2. The van der Waals surface area contributed by atoms with E-state index in [0.717, 1.165) is 11.1 Å². The minimum absolute atomic E-state index is 0.0169. The van der Waals surface area contributed by atoms with Crippen LogP contribution in [-0.2, 0) is 22.6 Å². The highest BCUT2D eigenvalue weighted by atomic mass is 16.5. The van der Waals surface area contributed by atoms with E-state index in [1.54, 1.807) is 6.07 Å². The molecule has 0 radical (unpaired) electrons. The molecule has 1 aromatic heterocycles. The number of carbonyl (C=O) groups excluding carboxylic acids is 2. The number of esters is 1. The zero-order valence-electron chi connectivity index (χ0n) is 17.9. The van der Waals surface area contributed by atoms with E-state index < -0.39 is 18.5 Å². The van der Waals surface area contributed by atoms with Gasteiger partial charge in [-0.25, -0.2) is 4.79 Å². The number of para-hydroxylation sites is 2. The van der Waals surface area contributed by atoms with Gasteiger partial charge >= 0.3 is 5.97 Å². The zero-order valence-corrected chi connectivity index (χ0v) is 17.9. The first-order chi connectivity index (χ1) is 16.2. The van der Waals surface area contributed by atoms with Crippen molar-refractivity contribution in [3.63, 3.8) is 0 Å². The number of ether oxygens (including phenoxy) is 2. The summed E-state index contributed by atoms with van der Waals surface area (Å²) in [6.07, 6.45) is 2.06. The molecule has 6 nitrogen and oxygen atoms in total. The highest BCUT2D eigenvalue weighted by Crippen LogP contribution is 2.20. The lowest BCUT2D eigenvalue weighted by Crippen LogP contribution is -2.22. The molecule has 0 aliphatic heterocycles. The van der Waals surface area contributed by atoms with Crippen LogP contribution < -0.4 is 10.1 Å². The molecule has 0 atom stereocenters. The molecule has 0 spiro atoms. The third-order valence-corrected chi connectivity index (χ3v) is 4.93. The SMILES string of the molecule is O=C(COC(=O)c1occc1COc1ccccc1)Nc1ccccc1Cc1ccccc1. The van der Waals surface area contributed by atoms with Gasteiger partial charge in [-0.05, 0) is 41.8 Å². The summed E-state index contributed by atoms with van der Waals surface area (Å²) < 4.78 is 16.1. The number of amides is 1. The molecule has 4 rings (SSSR count). The van der Waals surface area contributed by atoms with Crippen molar-refractivity contribution in [2.45, 2.75) is 13.0 Å². The number of hydrogen-bond donors (Lipinski definition) is 1. The number of hydrogen-bond acceptors (Lipinski definition) is 5. The molecule has 4 aromatic rings. The maximum absolute atomic E-state index is 12.5. The highest BCUT2D eigenvalue weighted by Gasteiger charge is 2.19. The fourth-order valence-corrected chi connectivity index (χ4v) is 3.30. The Hall–Kier alpha value is -4.32. The highest BCUT2D eigenvalue weighted by molar-refractivity contribution is 5.95. The predicted octanol–water partition coefficient (Wildman–Crippen LogP) is 5.24. The number of rotatable bonds is 9. The monoisotopic (exact) mass is 441 g/mol. The molecule has 0 unspecified atom stereocenters. The quantitative estimate of drug-likeness (QED) is 0.359. The van der Waals surface area contributed by atoms with Crippen molar-refractivity contribution < 1.29 is 23.5 Å². The van der Waals surface area contributed by atoms with Gasteiger partial charge in [0, 0.05) is 11.3 Å². The van der Waals surface area contributed by atoms with Crippen molar-refractivity contribution in [1.82, 2.24) is 0 Å². The lowest BCUT2D eigenvalue weighted by atomic mass is 10.0. The lowest BCUT2D eigenvalue weighted by Gasteiger charge is -2.11. The normalized spacial score (nSPS) is 10.4. The lowest BCUT2D eigenvalue weighted by molar-refractivity contribution is -0.119. The van der Waals surface area contributed by atoms with E-state index in [-0.39, 0.29) is 12.4 Å². The van der Waals surface area contributed by atoms with Gasteiger partial charge in [0.15, 0.2) is 6.61 Å². The smallest absolute Gasteiger partial charge is 0.375 e. The maximum Gasteiger partial charge on any atom is 0.375 e. The summed E-state index contributed by atoms with van der Waals surface area (Å²) >= 11 is 0. The molecule has 1 heterocycles. The summed E-state index contributed by atoms with van der Waals surface area (Å²) in [5.74, 6) is -0.466. The molecule has 3 aromatic carbocycles. The molecule has 6 heteroatoms. The van der Waals surface area contributed by atoms with E-state index in [0.29, 0.717) is 23.4 Å². The minimum atomic E-state index is -0.723. The molecule has 0 fully saturated rings. The number of benzene rings is 3. The maximum atomic E-state index is 12.5. The van der Waals surface area contributed by atoms with E-state index in [4.69, 9.17) is 13.9 Å². The first-order valence-corrected chi connectivity index (χ1v) is 10.5. The molecule has 1 N–H and O–H groups in total. The topological polar surface area (TPSA) is 77.8 Å². The van der Waals surface area contributed by atoms with Gasteiger partial charge in [0.25, 0.3) is 5.91 Å². The Labute approximate surface area is 191 Å². The van der Waals surface area contributed by atoms with Crippen molar-refractivity contribution in [2.24, 2.45) is 0 Å².